The monoisotopic (exact) mass is 501 g/mol. The van der Waals surface area contributed by atoms with Gasteiger partial charge in [-0.1, -0.05) is 43.0 Å². The van der Waals surface area contributed by atoms with Crippen LogP contribution in [0.3, 0.4) is 0 Å². The van der Waals surface area contributed by atoms with E-state index in [-0.39, 0.29) is 11.7 Å². The molecule has 1 heterocycles. The summed E-state index contributed by atoms with van der Waals surface area (Å²) in [6, 6.07) is 23.2. The number of nitrogens with one attached hydrogen (secondary N) is 1. The quantitative estimate of drug-likeness (QED) is 0.191. The molecule has 1 aromatic heterocycles. The first-order valence-corrected chi connectivity index (χ1v) is 12.4. The van der Waals surface area contributed by atoms with Gasteiger partial charge < -0.3 is 9.47 Å². The second kappa shape index (κ2) is 12.0. The predicted octanol–water partition coefficient (Wildman–Crippen LogP) is 4.76. The fourth-order valence-electron chi connectivity index (χ4n) is 3.44. The van der Waals surface area contributed by atoms with Crippen molar-refractivity contribution in [2.24, 2.45) is 5.10 Å². The summed E-state index contributed by atoms with van der Waals surface area (Å²) in [4.78, 5) is 12.5. The van der Waals surface area contributed by atoms with E-state index in [1.807, 2.05) is 77.4 Å². The van der Waals surface area contributed by atoms with E-state index >= 15 is 0 Å². The van der Waals surface area contributed by atoms with Gasteiger partial charge in [0.2, 0.25) is 0 Å². The molecular formula is C27H27N5O3S. The summed E-state index contributed by atoms with van der Waals surface area (Å²) in [5, 5.41) is 13.4. The van der Waals surface area contributed by atoms with Crippen LogP contribution in [0.5, 0.6) is 11.5 Å². The van der Waals surface area contributed by atoms with Crippen LogP contribution in [-0.4, -0.2) is 46.9 Å². The molecule has 0 atom stereocenters. The number of methoxy groups -OCH3 is 2. The molecule has 9 heteroatoms. The van der Waals surface area contributed by atoms with Gasteiger partial charge in [0.05, 0.1) is 26.2 Å². The van der Waals surface area contributed by atoms with Gasteiger partial charge in [-0.05, 0) is 66.1 Å². The number of amides is 1. The maximum absolute atomic E-state index is 12.5. The molecule has 0 aliphatic rings. The van der Waals surface area contributed by atoms with Crippen LogP contribution >= 0.6 is 11.8 Å². The third-order valence-electron chi connectivity index (χ3n) is 5.44. The second-order valence-electron chi connectivity index (χ2n) is 7.75. The van der Waals surface area contributed by atoms with E-state index in [0.717, 1.165) is 34.7 Å². The van der Waals surface area contributed by atoms with Crippen LogP contribution in [0.1, 0.15) is 18.1 Å². The van der Waals surface area contributed by atoms with Crippen LogP contribution in [0.4, 0.5) is 0 Å². The van der Waals surface area contributed by atoms with Crippen molar-refractivity contribution in [1.29, 1.82) is 0 Å². The highest BCUT2D eigenvalue weighted by Crippen LogP contribution is 2.29. The van der Waals surface area contributed by atoms with Crippen molar-refractivity contribution in [3.63, 3.8) is 0 Å². The molecule has 3 aromatic carbocycles. The Morgan fingerprint density at radius 2 is 1.58 bits per heavy atom. The van der Waals surface area contributed by atoms with Crippen molar-refractivity contribution < 1.29 is 14.3 Å². The van der Waals surface area contributed by atoms with Crippen molar-refractivity contribution in [2.45, 2.75) is 18.5 Å². The minimum atomic E-state index is -0.239. The maximum atomic E-state index is 12.5. The predicted molar refractivity (Wildman–Crippen MR) is 142 cm³/mol. The Bertz CT molecular complexity index is 1320. The van der Waals surface area contributed by atoms with E-state index in [9.17, 15) is 4.79 Å². The zero-order valence-corrected chi connectivity index (χ0v) is 21.2. The average Bonchev–Trinajstić information content (AvgIpc) is 3.36. The zero-order chi connectivity index (χ0) is 25.3. The van der Waals surface area contributed by atoms with Gasteiger partial charge in [-0.2, -0.15) is 5.10 Å². The van der Waals surface area contributed by atoms with Gasteiger partial charge in [-0.25, -0.2) is 5.43 Å². The minimum Gasteiger partial charge on any atom is -0.497 e. The van der Waals surface area contributed by atoms with E-state index in [2.05, 4.69) is 27.6 Å². The molecule has 0 aliphatic heterocycles. The summed E-state index contributed by atoms with van der Waals surface area (Å²) in [6.45, 7) is 2.11. The van der Waals surface area contributed by atoms with Gasteiger partial charge in [-0.15, -0.1) is 10.2 Å². The molecule has 0 saturated carbocycles. The van der Waals surface area contributed by atoms with E-state index in [0.29, 0.717) is 11.0 Å². The van der Waals surface area contributed by atoms with Gasteiger partial charge >= 0.3 is 0 Å². The number of hydrazone groups is 1. The third-order valence-corrected chi connectivity index (χ3v) is 6.36. The van der Waals surface area contributed by atoms with Crippen molar-refractivity contribution >= 4 is 23.9 Å². The highest BCUT2D eigenvalue weighted by molar-refractivity contribution is 7.99. The SMILES string of the molecule is CCc1ccc(C=NNC(=O)CSc2nnc(-c3ccc(OC)cc3)n2-c2ccc(OC)cc2)cc1. The highest BCUT2D eigenvalue weighted by atomic mass is 32.2. The van der Waals surface area contributed by atoms with Crippen LogP contribution in [-0.2, 0) is 11.2 Å². The van der Waals surface area contributed by atoms with Crippen molar-refractivity contribution in [1.82, 2.24) is 20.2 Å². The Balaban J connectivity index is 1.50. The Labute approximate surface area is 214 Å². The van der Waals surface area contributed by atoms with E-state index in [1.54, 1.807) is 20.4 Å². The maximum Gasteiger partial charge on any atom is 0.250 e. The number of hydrogen-bond donors (Lipinski definition) is 1. The van der Waals surface area contributed by atoms with Gasteiger partial charge in [0, 0.05) is 11.3 Å². The summed E-state index contributed by atoms with van der Waals surface area (Å²) in [7, 11) is 3.25. The molecule has 1 amide bonds. The number of aromatic nitrogens is 3. The lowest BCUT2D eigenvalue weighted by Gasteiger charge is -2.11. The molecule has 1 N–H and O–H groups in total. The fraction of sp³-hybridized carbons (Fsp3) is 0.185. The van der Waals surface area contributed by atoms with Crippen LogP contribution in [0.2, 0.25) is 0 Å². The second-order valence-corrected chi connectivity index (χ2v) is 8.69. The molecule has 4 aromatic rings. The average molecular weight is 502 g/mol. The molecule has 0 fully saturated rings. The summed E-state index contributed by atoms with van der Waals surface area (Å²) in [5.74, 6) is 2.04. The molecule has 0 radical (unpaired) electrons. The fourth-order valence-corrected chi connectivity index (χ4v) is 4.18. The van der Waals surface area contributed by atoms with E-state index < -0.39 is 0 Å². The number of ether oxygens (including phenoxy) is 2. The standard InChI is InChI=1S/C27H27N5O3S/c1-4-19-5-7-20(8-6-19)17-28-29-25(33)18-36-27-31-30-26(21-9-13-23(34-2)14-10-21)32(27)22-11-15-24(35-3)16-12-22/h5-17H,4,18H2,1-3H3,(H,29,33). The molecule has 0 unspecified atom stereocenters. The summed E-state index contributed by atoms with van der Waals surface area (Å²) in [5.41, 5.74) is 6.47. The lowest BCUT2D eigenvalue weighted by Crippen LogP contribution is -2.20. The number of carbonyl (C=O) groups excluding carboxylic acids is 1. The first kappa shape index (κ1) is 25.0. The molecule has 0 saturated heterocycles. The van der Waals surface area contributed by atoms with Crippen molar-refractivity contribution in [2.75, 3.05) is 20.0 Å². The van der Waals surface area contributed by atoms with Crippen molar-refractivity contribution in [3.8, 4) is 28.6 Å². The Kier molecular flexibility index (Phi) is 8.36. The number of thioether (sulfide) groups is 1. The summed E-state index contributed by atoms with van der Waals surface area (Å²) >= 11 is 1.28. The lowest BCUT2D eigenvalue weighted by atomic mass is 10.1. The molecule has 8 nitrogen and oxygen atoms in total. The summed E-state index contributed by atoms with van der Waals surface area (Å²) in [6.07, 6.45) is 2.61. The van der Waals surface area contributed by atoms with E-state index in [4.69, 9.17) is 9.47 Å². The zero-order valence-electron chi connectivity index (χ0n) is 20.3. The van der Waals surface area contributed by atoms with Crippen LogP contribution in [0.15, 0.2) is 83.1 Å². The van der Waals surface area contributed by atoms with Crippen LogP contribution in [0, 0.1) is 0 Å². The number of carbonyl (C=O) groups is 1. The summed E-state index contributed by atoms with van der Waals surface area (Å²) < 4.78 is 12.5. The Morgan fingerprint density at radius 3 is 2.19 bits per heavy atom. The Morgan fingerprint density at radius 1 is 0.944 bits per heavy atom. The first-order valence-electron chi connectivity index (χ1n) is 11.4. The number of rotatable bonds is 10. The number of nitrogens with zero attached hydrogens (tertiary/aromatic N) is 4. The topological polar surface area (TPSA) is 90.6 Å². The molecule has 0 bridgehead atoms. The van der Waals surface area contributed by atoms with E-state index in [1.165, 1.54) is 17.3 Å². The number of hydrogen-bond acceptors (Lipinski definition) is 7. The number of aryl methyl sites for hydroxylation is 1. The van der Waals surface area contributed by atoms with Gasteiger partial charge in [-0.3, -0.25) is 9.36 Å². The third kappa shape index (κ3) is 6.11. The first-order chi connectivity index (χ1) is 17.6. The molecule has 4 rings (SSSR count). The molecular weight excluding hydrogens is 474 g/mol. The van der Waals surface area contributed by atoms with Gasteiger partial charge in [0.1, 0.15) is 11.5 Å². The van der Waals surface area contributed by atoms with Gasteiger partial charge in [0.25, 0.3) is 5.91 Å². The largest absolute Gasteiger partial charge is 0.497 e. The smallest absolute Gasteiger partial charge is 0.250 e. The van der Waals surface area contributed by atoms with Crippen LogP contribution < -0.4 is 14.9 Å². The highest BCUT2D eigenvalue weighted by Gasteiger charge is 2.17. The number of benzene rings is 3. The lowest BCUT2D eigenvalue weighted by molar-refractivity contribution is -0.118. The minimum absolute atomic E-state index is 0.128. The van der Waals surface area contributed by atoms with Crippen molar-refractivity contribution in [3.05, 3.63) is 83.9 Å². The molecule has 0 aliphatic carbocycles. The van der Waals surface area contributed by atoms with Crippen LogP contribution in [0.25, 0.3) is 17.1 Å². The molecule has 0 spiro atoms. The Hall–Kier alpha value is -4.11. The normalized spacial score (nSPS) is 11.0. The van der Waals surface area contributed by atoms with Gasteiger partial charge in [0.15, 0.2) is 11.0 Å². The molecule has 184 valence electrons. The molecule has 36 heavy (non-hydrogen) atoms.